The van der Waals surface area contributed by atoms with Crippen LogP contribution in [-0.4, -0.2) is 85.8 Å². The van der Waals surface area contributed by atoms with Gasteiger partial charge in [-0.1, -0.05) is 73.4 Å². The normalized spacial score (nSPS) is 15.3. The molecular weight excluding hydrogens is 617 g/mol. The van der Waals surface area contributed by atoms with E-state index in [9.17, 15) is 19.2 Å². The van der Waals surface area contributed by atoms with Crippen LogP contribution in [-0.2, 0) is 36.8 Å². The predicted octanol–water partition coefficient (Wildman–Crippen LogP) is 3.45. The molecule has 2 aromatic rings. The fraction of sp³-hybridized carbons (Fsp3) is 0.484. The summed E-state index contributed by atoms with van der Waals surface area (Å²) in [5.41, 5.74) is 1.46. The lowest BCUT2D eigenvalue weighted by molar-refractivity contribution is -0.161. The number of alkyl halides is 2. The molecule has 0 aromatic heterocycles. The number of ether oxygens (including phenoxy) is 1. The Kier molecular flexibility index (Phi) is 13.5. The number of hydrogen-bond donors (Lipinski definition) is 3. The first kappa shape index (κ1) is 35.4. The van der Waals surface area contributed by atoms with Crippen LogP contribution in [0.5, 0.6) is 0 Å². The molecule has 1 aliphatic rings. The standard InChI is InChI=1S/C31H38Cl2F2N4O5/c1-20(2)27(28(41)31(34,35)30(43)36-12-13-39-14-16-44-17-15-39)38-29(42)25(19-21-6-4-3-5-7-21)37-26(40)11-9-22-8-10-23(32)24(33)18-22/h3-8,10,18,20,25,27H,9,11-17,19H2,1-2H3,(H,36,43)(H,37,40)(H,38,42). The maximum atomic E-state index is 15.1. The van der Waals surface area contributed by atoms with Gasteiger partial charge in [-0.25, -0.2) is 0 Å². The molecule has 2 atom stereocenters. The number of hydrogen-bond acceptors (Lipinski definition) is 6. The Morgan fingerprint density at radius 2 is 1.64 bits per heavy atom. The van der Waals surface area contributed by atoms with Gasteiger partial charge in [0.15, 0.2) is 0 Å². The van der Waals surface area contributed by atoms with Gasteiger partial charge in [0.25, 0.3) is 5.91 Å². The van der Waals surface area contributed by atoms with E-state index in [4.69, 9.17) is 27.9 Å². The van der Waals surface area contributed by atoms with E-state index in [0.29, 0.717) is 54.9 Å². The van der Waals surface area contributed by atoms with Crippen LogP contribution >= 0.6 is 23.2 Å². The van der Waals surface area contributed by atoms with Crippen molar-refractivity contribution in [1.82, 2.24) is 20.9 Å². The third kappa shape index (κ3) is 10.5. The van der Waals surface area contributed by atoms with Gasteiger partial charge in [-0.3, -0.25) is 24.1 Å². The van der Waals surface area contributed by atoms with Gasteiger partial charge in [0.1, 0.15) is 6.04 Å². The van der Waals surface area contributed by atoms with E-state index in [1.807, 2.05) is 4.90 Å². The van der Waals surface area contributed by atoms with E-state index < -0.39 is 47.4 Å². The van der Waals surface area contributed by atoms with Gasteiger partial charge in [-0.2, -0.15) is 8.78 Å². The van der Waals surface area contributed by atoms with Crippen molar-refractivity contribution in [2.45, 2.75) is 51.1 Å². The number of carbonyl (C=O) groups is 4. The largest absolute Gasteiger partial charge is 0.383 e. The Hall–Kier alpha value is -3.12. The summed E-state index contributed by atoms with van der Waals surface area (Å²) in [6.45, 7) is 5.48. The lowest BCUT2D eigenvalue weighted by atomic mass is 9.94. The highest BCUT2D eigenvalue weighted by Crippen LogP contribution is 2.23. The van der Waals surface area contributed by atoms with Crippen LogP contribution in [0, 0.1) is 5.92 Å². The Morgan fingerprint density at radius 3 is 2.27 bits per heavy atom. The fourth-order valence-corrected chi connectivity index (χ4v) is 4.96. The van der Waals surface area contributed by atoms with E-state index in [1.54, 1.807) is 48.5 Å². The summed E-state index contributed by atoms with van der Waals surface area (Å²) in [4.78, 5) is 53.7. The molecule has 0 bridgehead atoms. The van der Waals surface area contributed by atoms with Crippen molar-refractivity contribution in [1.29, 1.82) is 0 Å². The van der Waals surface area contributed by atoms with Crippen molar-refractivity contribution in [3.05, 3.63) is 69.7 Å². The Balaban J connectivity index is 1.66. The van der Waals surface area contributed by atoms with Crippen LogP contribution in [0.4, 0.5) is 8.78 Å². The zero-order valence-electron chi connectivity index (χ0n) is 24.7. The topological polar surface area (TPSA) is 117 Å². The maximum absolute atomic E-state index is 15.1. The number of carbonyl (C=O) groups excluding carboxylic acids is 4. The van der Waals surface area contributed by atoms with Crippen molar-refractivity contribution in [2.24, 2.45) is 5.92 Å². The zero-order chi connectivity index (χ0) is 32.3. The number of ketones is 1. The molecule has 1 heterocycles. The van der Waals surface area contributed by atoms with E-state index in [-0.39, 0.29) is 19.4 Å². The summed E-state index contributed by atoms with van der Waals surface area (Å²) < 4.78 is 35.4. The van der Waals surface area contributed by atoms with Crippen molar-refractivity contribution < 1.29 is 32.7 Å². The first-order valence-electron chi connectivity index (χ1n) is 14.5. The molecule has 13 heteroatoms. The number of amides is 3. The number of aryl methyl sites for hydroxylation is 1. The van der Waals surface area contributed by atoms with E-state index in [2.05, 4.69) is 16.0 Å². The highest BCUT2D eigenvalue weighted by molar-refractivity contribution is 6.42. The average molecular weight is 656 g/mol. The second-order valence-corrected chi connectivity index (χ2v) is 11.8. The molecule has 1 aliphatic heterocycles. The van der Waals surface area contributed by atoms with Gasteiger partial charge in [-0.05, 0) is 35.6 Å². The number of rotatable bonds is 15. The fourth-order valence-electron chi connectivity index (χ4n) is 4.64. The molecule has 9 nitrogen and oxygen atoms in total. The molecule has 0 aliphatic carbocycles. The third-order valence-electron chi connectivity index (χ3n) is 7.22. The van der Waals surface area contributed by atoms with Gasteiger partial charge in [0.2, 0.25) is 17.6 Å². The molecule has 3 amide bonds. The van der Waals surface area contributed by atoms with Gasteiger partial charge in [0, 0.05) is 39.0 Å². The number of Topliss-reactive ketones (excluding diaryl/α,β-unsaturated/α-hetero) is 1. The van der Waals surface area contributed by atoms with Gasteiger partial charge < -0.3 is 20.7 Å². The zero-order valence-corrected chi connectivity index (χ0v) is 26.2. The van der Waals surface area contributed by atoms with Gasteiger partial charge in [-0.15, -0.1) is 0 Å². The molecule has 44 heavy (non-hydrogen) atoms. The van der Waals surface area contributed by atoms with Crippen LogP contribution in [0.2, 0.25) is 10.0 Å². The minimum absolute atomic E-state index is 0.00572. The molecule has 240 valence electrons. The third-order valence-corrected chi connectivity index (χ3v) is 7.96. The van der Waals surface area contributed by atoms with Gasteiger partial charge >= 0.3 is 5.92 Å². The quantitative estimate of drug-likeness (QED) is 0.253. The number of nitrogens with zero attached hydrogens (tertiary/aromatic N) is 1. The maximum Gasteiger partial charge on any atom is 0.383 e. The van der Waals surface area contributed by atoms with Crippen LogP contribution < -0.4 is 16.0 Å². The van der Waals surface area contributed by atoms with Gasteiger partial charge in [0.05, 0.1) is 29.3 Å². The van der Waals surface area contributed by atoms with Crippen molar-refractivity contribution in [2.75, 3.05) is 39.4 Å². The Labute approximate surface area is 266 Å². The monoisotopic (exact) mass is 654 g/mol. The Morgan fingerprint density at radius 1 is 0.955 bits per heavy atom. The summed E-state index contributed by atoms with van der Waals surface area (Å²) in [5.74, 6) is -9.91. The predicted molar refractivity (Wildman–Crippen MR) is 164 cm³/mol. The highest BCUT2D eigenvalue weighted by atomic mass is 35.5. The molecule has 2 aromatic carbocycles. The summed E-state index contributed by atoms with van der Waals surface area (Å²) >= 11 is 12.0. The van der Waals surface area contributed by atoms with Crippen molar-refractivity contribution in [3.8, 4) is 0 Å². The first-order valence-corrected chi connectivity index (χ1v) is 15.2. The molecule has 0 spiro atoms. The minimum Gasteiger partial charge on any atom is -0.379 e. The molecule has 0 radical (unpaired) electrons. The second-order valence-electron chi connectivity index (χ2n) is 10.9. The number of halogens is 4. The average Bonchev–Trinajstić information content (AvgIpc) is 3.00. The number of nitrogens with one attached hydrogen (secondary N) is 3. The summed E-state index contributed by atoms with van der Waals surface area (Å²) in [5, 5.41) is 7.91. The first-order chi connectivity index (χ1) is 20.9. The van der Waals surface area contributed by atoms with Crippen LogP contribution in [0.15, 0.2) is 48.5 Å². The summed E-state index contributed by atoms with van der Waals surface area (Å²) in [7, 11) is 0. The molecular formula is C31H38Cl2F2N4O5. The van der Waals surface area contributed by atoms with E-state index in [1.165, 1.54) is 13.8 Å². The molecule has 1 saturated heterocycles. The van der Waals surface area contributed by atoms with E-state index >= 15 is 8.78 Å². The smallest absolute Gasteiger partial charge is 0.379 e. The lowest BCUT2D eigenvalue weighted by Crippen LogP contribution is -2.59. The van der Waals surface area contributed by atoms with E-state index in [0.717, 1.165) is 5.56 Å². The molecule has 0 saturated carbocycles. The minimum atomic E-state index is -4.38. The molecule has 3 N–H and O–H groups in total. The summed E-state index contributed by atoms with van der Waals surface area (Å²) in [6.07, 6.45) is 0.358. The Bertz CT molecular complexity index is 1290. The van der Waals surface area contributed by atoms with Crippen molar-refractivity contribution >= 4 is 46.7 Å². The lowest BCUT2D eigenvalue weighted by Gasteiger charge is -2.28. The molecule has 1 fully saturated rings. The number of morpholine rings is 1. The SMILES string of the molecule is CC(C)C(NC(=O)C(Cc1ccccc1)NC(=O)CCc1ccc(Cl)c(Cl)c1)C(=O)C(F)(F)C(=O)NCCN1CCOCC1. The summed E-state index contributed by atoms with van der Waals surface area (Å²) in [6, 6.07) is 10.9. The second kappa shape index (κ2) is 16.8. The highest BCUT2D eigenvalue weighted by Gasteiger charge is 2.51. The molecule has 2 unspecified atom stereocenters. The van der Waals surface area contributed by atoms with Crippen LogP contribution in [0.1, 0.15) is 31.4 Å². The van der Waals surface area contributed by atoms with Crippen LogP contribution in [0.3, 0.4) is 0 Å². The molecule has 3 rings (SSSR count). The van der Waals surface area contributed by atoms with Crippen molar-refractivity contribution in [3.63, 3.8) is 0 Å². The van der Waals surface area contributed by atoms with Crippen LogP contribution in [0.25, 0.3) is 0 Å². The number of benzene rings is 2.